The molecule has 4 nitrogen and oxygen atoms in total. The fourth-order valence-corrected chi connectivity index (χ4v) is 2.72. The summed E-state index contributed by atoms with van der Waals surface area (Å²) in [5.74, 6) is 0.896. The zero-order valence-corrected chi connectivity index (χ0v) is 11.8. The molecule has 0 aliphatic carbocycles. The number of nitrogens with zero attached hydrogens (tertiary/aromatic N) is 2. The van der Waals surface area contributed by atoms with Crippen LogP contribution in [0.4, 0.5) is 5.95 Å². The Balaban J connectivity index is 2.02. The van der Waals surface area contributed by atoms with Crippen molar-refractivity contribution in [3.8, 4) is 0 Å². The SMILES string of the molecule is COCC(C)n1ccnc1NCc1sccc1C. The molecule has 98 valence electrons. The van der Waals surface area contributed by atoms with Crippen LogP contribution in [-0.4, -0.2) is 23.3 Å². The van der Waals surface area contributed by atoms with Crippen LogP contribution in [0.15, 0.2) is 23.8 Å². The molecular formula is C13H19N3OS. The standard InChI is InChI=1S/C13H19N3OS/c1-10-4-7-18-12(10)8-15-13-14-5-6-16(13)11(2)9-17-3/h4-7,11H,8-9H2,1-3H3,(H,14,15). The molecule has 5 heteroatoms. The van der Waals surface area contributed by atoms with Gasteiger partial charge in [0.05, 0.1) is 19.2 Å². The number of hydrogen-bond acceptors (Lipinski definition) is 4. The Morgan fingerprint density at radius 2 is 2.39 bits per heavy atom. The van der Waals surface area contributed by atoms with Crippen molar-refractivity contribution < 1.29 is 4.74 Å². The highest BCUT2D eigenvalue weighted by molar-refractivity contribution is 7.10. The Kier molecular flexibility index (Phi) is 4.38. The maximum Gasteiger partial charge on any atom is 0.203 e. The minimum atomic E-state index is 0.282. The molecule has 0 saturated carbocycles. The summed E-state index contributed by atoms with van der Waals surface area (Å²) in [5.41, 5.74) is 1.33. The molecule has 0 fully saturated rings. The van der Waals surface area contributed by atoms with E-state index in [2.05, 4.69) is 40.2 Å². The molecule has 2 rings (SSSR count). The van der Waals surface area contributed by atoms with E-state index in [0.29, 0.717) is 6.61 Å². The molecule has 18 heavy (non-hydrogen) atoms. The molecule has 0 amide bonds. The van der Waals surface area contributed by atoms with Gasteiger partial charge in [-0.25, -0.2) is 4.98 Å². The average Bonchev–Trinajstić information content (AvgIpc) is 2.95. The number of aryl methyl sites for hydroxylation is 1. The minimum absolute atomic E-state index is 0.282. The number of anilines is 1. The summed E-state index contributed by atoms with van der Waals surface area (Å²) in [6.07, 6.45) is 3.79. The summed E-state index contributed by atoms with van der Waals surface area (Å²) in [6.45, 7) is 5.75. The van der Waals surface area contributed by atoms with Gasteiger partial charge in [-0.1, -0.05) is 0 Å². The molecule has 2 aromatic heterocycles. The predicted molar refractivity (Wildman–Crippen MR) is 75.2 cm³/mol. The van der Waals surface area contributed by atoms with E-state index in [1.807, 2.05) is 12.4 Å². The minimum Gasteiger partial charge on any atom is -0.383 e. The highest BCUT2D eigenvalue weighted by atomic mass is 32.1. The molecule has 1 atom stereocenters. The Labute approximate surface area is 112 Å². The van der Waals surface area contributed by atoms with Gasteiger partial charge in [-0.2, -0.15) is 0 Å². The maximum absolute atomic E-state index is 5.18. The van der Waals surface area contributed by atoms with Crippen LogP contribution in [0.5, 0.6) is 0 Å². The number of rotatable bonds is 6. The van der Waals surface area contributed by atoms with Gasteiger partial charge in [-0.15, -0.1) is 11.3 Å². The first kappa shape index (κ1) is 13.1. The number of thiophene rings is 1. The van der Waals surface area contributed by atoms with Crippen LogP contribution in [-0.2, 0) is 11.3 Å². The zero-order chi connectivity index (χ0) is 13.0. The largest absolute Gasteiger partial charge is 0.383 e. The van der Waals surface area contributed by atoms with Crippen molar-refractivity contribution in [2.75, 3.05) is 19.0 Å². The third kappa shape index (κ3) is 2.91. The fraction of sp³-hybridized carbons (Fsp3) is 0.462. The number of aromatic nitrogens is 2. The van der Waals surface area contributed by atoms with Gasteiger partial charge in [0, 0.05) is 24.4 Å². The summed E-state index contributed by atoms with van der Waals surface area (Å²) < 4.78 is 7.28. The van der Waals surface area contributed by atoms with Crippen molar-refractivity contribution in [2.24, 2.45) is 0 Å². The summed E-state index contributed by atoms with van der Waals surface area (Å²) in [7, 11) is 1.72. The van der Waals surface area contributed by atoms with Gasteiger partial charge >= 0.3 is 0 Å². The van der Waals surface area contributed by atoms with Crippen LogP contribution in [0.2, 0.25) is 0 Å². The molecule has 0 bridgehead atoms. The van der Waals surface area contributed by atoms with Crippen LogP contribution >= 0.6 is 11.3 Å². The summed E-state index contributed by atoms with van der Waals surface area (Å²) in [5, 5.41) is 5.50. The molecular weight excluding hydrogens is 246 g/mol. The highest BCUT2D eigenvalue weighted by Crippen LogP contribution is 2.19. The van der Waals surface area contributed by atoms with Crippen LogP contribution in [0.1, 0.15) is 23.4 Å². The molecule has 0 spiro atoms. The Morgan fingerprint density at radius 1 is 1.56 bits per heavy atom. The van der Waals surface area contributed by atoms with Gasteiger partial charge in [0.15, 0.2) is 0 Å². The lowest BCUT2D eigenvalue weighted by molar-refractivity contribution is 0.163. The Hall–Kier alpha value is -1.33. The van der Waals surface area contributed by atoms with Crippen molar-refractivity contribution >= 4 is 17.3 Å². The lowest BCUT2D eigenvalue weighted by atomic mass is 10.3. The molecule has 0 aliphatic heterocycles. The highest BCUT2D eigenvalue weighted by Gasteiger charge is 2.09. The van der Waals surface area contributed by atoms with Crippen LogP contribution in [0.3, 0.4) is 0 Å². The molecule has 0 radical (unpaired) electrons. The summed E-state index contributed by atoms with van der Waals surface area (Å²) in [6, 6.07) is 2.42. The van der Waals surface area contributed by atoms with Crippen LogP contribution in [0.25, 0.3) is 0 Å². The van der Waals surface area contributed by atoms with Crippen molar-refractivity contribution in [1.82, 2.24) is 9.55 Å². The van der Waals surface area contributed by atoms with Gasteiger partial charge in [-0.05, 0) is 30.9 Å². The second kappa shape index (κ2) is 6.02. The lowest BCUT2D eigenvalue weighted by Gasteiger charge is -2.16. The quantitative estimate of drug-likeness (QED) is 0.872. The molecule has 1 unspecified atom stereocenters. The summed E-state index contributed by atoms with van der Waals surface area (Å²) >= 11 is 1.77. The van der Waals surface area contributed by atoms with Gasteiger partial charge in [0.1, 0.15) is 0 Å². The molecule has 2 aromatic rings. The Bertz CT molecular complexity index is 492. The topological polar surface area (TPSA) is 39.1 Å². The second-order valence-electron chi connectivity index (χ2n) is 4.34. The van der Waals surface area contributed by atoms with E-state index in [9.17, 15) is 0 Å². The number of hydrogen-bond donors (Lipinski definition) is 1. The third-order valence-corrected chi connectivity index (χ3v) is 3.95. The normalized spacial score (nSPS) is 12.6. The molecule has 1 N–H and O–H groups in total. The van der Waals surface area contributed by atoms with E-state index >= 15 is 0 Å². The van der Waals surface area contributed by atoms with E-state index in [1.165, 1.54) is 10.4 Å². The molecule has 0 saturated heterocycles. The van der Waals surface area contributed by atoms with E-state index in [4.69, 9.17) is 4.74 Å². The van der Waals surface area contributed by atoms with Crippen molar-refractivity contribution in [3.05, 3.63) is 34.3 Å². The summed E-state index contributed by atoms with van der Waals surface area (Å²) in [4.78, 5) is 5.70. The first-order chi connectivity index (χ1) is 8.72. The smallest absolute Gasteiger partial charge is 0.203 e. The number of methoxy groups -OCH3 is 1. The van der Waals surface area contributed by atoms with Crippen molar-refractivity contribution in [3.63, 3.8) is 0 Å². The molecule has 2 heterocycles. The van der Waals surface area contributed by atoms with Gasteiger partial charge in [0.2, 0.25) is 5.95 Å². The number of imidazole rings is 1. The van der Waals surface area contributed by atoms with E-state index < -0.39 is 0 Å². The molecule has 0 aromatic carbocycles. The van der Waals surface area contributed by atoms with Gasteiger partial charge in [-0.3, -0.25) is 0 Å². The lowest BCUT2D eigenvalue weighted by Crippen LogP contribution is -2.14. The van der Waals surface area contributed by atoms with Gasteiger partial charge < -0.3 is 14.6 Å². The second-order valence-corrected chi connectivity index (χ2v) is 5.34. The number of ether oxygens (including phenoxy) is 1. The monoisotopic (exact) mass is 265 g/mol. The van der Waals surface area contributed by atoms with E-state index in [0.717, 1.165) is 12.5 Å². The maximum atomic E-state index is 5.18. The average molecular weight is 265 g/mol. The van der Waals surface area contributed by atoms with E-state index in [-0.39, 0.29) is 6.04 Å². The van der Waals surface area contributed by atoms with Crippen LogP contribution < -0.4 is 5.32 Å². The Morgan fingerprint density at radius 3 is 3.06 bits per heavy atom. The predicted octanol–water partition coefficient (Wildman–Crippen LogP) is 3.07. The fourth-order valence-electron chi connectivity index (χ4n) is 1.87. The third-order valence-electron chi connectivity index (χ3n) is 2.93. The van der Waals surface area contributed by atoms with Crippen molar-refractivity contribution in [1.29, 1.82) is 0 Å². The number of nitrogens with one attached hydrogen (secondary N) is 1. The first-order valence-electron chi connectivity index (χ1n) is 6.01. The van der Waals surface area contributed by atoms with Crippen LogP contribution in [0, 0.1) is 6.92 Å². The van der Waals surface area contributed by atoms with Gasteiger partial charge in [0.25, 0.3) is 0 Å². The van der Waals surface area contributed by atoms with Crippen molar-refractivity contribution in [2.45, 2.75) is 26.4 Å². The van der Waals surface area contributed by atoms with E-state index in [1.54, 1.807) is 18.4 Å². The molecule has 0 aliphatic rings. The first-order valence-corrected chi connectivity index (χ1v) is 6.89. The zero-order valence-electron chi connectivity index (χ0n) is 11.0.